The largest absolute Gasteiger partial charge is 0.465 e. The van der Waals surface area contributed by atoms with E-state index in [1.807, 2.05) is 6.07 Å². The maximum absolute atomic E-state index is 11.7. The van der Waals surface area contributed by atoms with E-state index in [1.54, 1.807) is 18.2 Å². The number of anilines is 1. The number of carbonyl (C=O) groups is 1. The second-order valence-corrected chi connectivity index (χ2v) is 5.09. The van der Waals surface area contributed by atoms with E-state index in [-0.39, 0.29) is 5.97 Å². The van der Waals surface area contributed by atoms with Crippen LogP contribution < -0.4 is 5.32 Å². The molecule has 6 nitrogen and oxygen atoms in total. The summed E-state index contributed by atoms with van der Waals surface area (Å²) in [4.78, 5) is 16.0. The first-order valence-corrected chi connectivity index (χ1v) is 6.82. The van der Waals surface area contributed by atoms with E-state index in [1.165, 1.54) is 7.11 Å². The van der Waals surface area contributed by atoms with Crippen molar-refractivity contribution < 1.29 is 14.1 Å². The van der Waals surface area contributed by atoms with E-state index in [0.29, 0.717) is 35.4 Å². The fraction of sp³-hybridized carbons (Fsp3) is 0.400. The number of nitrogens with one attached hydrogen (secondary N) is 1. The molecule has 112 valence electrons. The quantitative estimate of drug-likeness (QED) is 0.824. The Morgan fingerprint density at radius 3 is 2.86 bits per heavy atom. The Balaban J connectivity index is 2.03. The lowest BCUT2D eigenvalue weighted by Crippen LogP contribution is -2.08. The molecule has 0 saturated heterocycles. The molecule has 21 heavy (non-hydrogen) atoms. The number of para-hydroxylation sites is 1. The maximum Gasteiger partial charge on any atom is 0.339 e. The third-order valence-electron chi connectivity index (χ3n) is 2.86. The monoisotopic (exact) mass is 289 g/mol. The molecule has 0 radical (unpaired) electrons. The molecule has 1 aromatic carbocycles. The highest BCUT2D eigenvalue weighted by Crippen LogP contribution is 2.17. The molecule has 0 bridgehead atoms. The van der Waals surface area contributed by atoms with Crippen molar-refractivity contribution in [2.75, 3.05) is 12.4 Å². The summed E-state index contributed by atoms with van der Waals surface area (Å²) in [6.07, 6.45) is 0.780. The number of rotatable bonds is 6. The zero-order chi connectivity index (χ0) is 15.2. The van der Waals surface area contributed by atoms with Crippen molar-refractivity contribution in [3.05, 3.63) is 41.5 Å². The van der Waals surface area contributed by atoms with Gasteiger partial charge < -0.3 is 14.6 Å². The van der Waals surface area contributed by atoms with Gasteiger partial charge in [-0.15, -0.1) is 0 Å². The molecule has 0 amide bonds. The van der Waals surface area contributed by atoms with E-state index < -0.39 is 0 Å². The number of ether oxygens (including phenoxy) is 1. The van der Waals surface area contributed by atoms with Gasteiger partial charge in [0.15, 0.2) is 5.82 Å². The lowest BCUT2D eigenvalue weighted by molar-refractivity contribution is 0.0602. The average Bonchev–Trinajstić information content (AvgIpc) is 2.91. The molecule has 0 aliphatic rings. The highest BCUT2D eigenvalue weighted by atomic mass is 16.5. The molecular formula is C15H19N3O3. The van der Waals surface area contributed by atoms with Crippen LogP contribution in [0, 0.1) is 5.92 Å². The van der Waals surface area contributed by atoms with Gasteiger partial charge in [0.25, 0.3) is 0 Å². The minimum Gasteiger partial charge on any atom is -0.465 e. The van der Waals surface area contributed by atoms with Crippen molar-refractivity contribution >= 4 is 11.7 Å². The zero-order valence-corrected chi connectivity index (χ0v) is 12.4. The van der Waals surface area contributed by atoms with Crippen LogP contribution in [-0.4, -0.2) is 23.2 Å². The van der Waals surface area contributed by atoms with E-state index >= 15 is 0 Å². The van der Waals surface area contributed by atoms with Crippen LogP contribution in [0.4, 0.5) is 5.69 Å². The van der Waals surface area contributed by atoms with Crippen LogP contribution in [-0.2, 0) is 17.7 Å². The van der Waals surface area contributed by atoms with E-state index in [2.05, 4.69) is 29.3 Å². The number of hydrogen-bond donors (Lipinski definition) is 1. The molecule has 0 saturated carbocycles. The summed E-state index contributed by atoms with van der Waals surface area (Å²) in [5.74, 6) is 1.28. The van der Waals surface area contributed by atoms with Gasteiger partial charge >= 0.3 is 5.97 Å². The summed E-state index contributed by atoms with van der Waals surface area (Å²) in [5.41, 5.74) is 1.15. The van der Waals surface area contributed by atoms with Crippen LogP contribution in [0.3, 0.4) is 0 Å². The molecule has 1 heterocycles. The van der Waals surface area contributed by atoms with Gasteiger partial charge in [0, 0.05) is 12.1 Å². The van der Waals surface area contributed by atoms with E-state index in [9.17, 15) is 4.79 Å². The third kappa shape index (κ3) is 4.05. The van der Waals surface area contributed by atoms with Gasteiger partial charge in [-0.25, -0.2) is 4.79 Å². The Labute approximate surface area is 123 Å². The number of methoxy groups -OCH3 is 1. The standard InChI is InChI=1S/C15H19N3O3/c1-10(2)8-13-17-14(21-18-13)9-16-12-7-5-4-6-11(12)15(19)20-3/h4-7,10,16H,8-9H2,1-3H3. The first-order valence-electron chi connectivity index (χ1n) is 6.82. The van der Waals surface area contributed by atoms with Crippen molar-refractivity contribution in [3.8, 4) is 0 Å². The van der Waals surface area contributed by atoms with Gasteiger partial charge in [0.1, 0.15) is 0 Å². The number of carbonyl (C=O) groups excluding carboxylic acids is 1. The van der Waals surface area contributed by atoms with Crippen LogP contribution in [0.25, 0.3) is 0 Å². The zero-order valence-electron chi connectivity index (χ0n) is 12.4. The summed E-state index contributed by atoms with van der Waals surface area (Å²) in [7, 11) is 1.36. The third-order valence-corrected chi connectivity index (χ3v) is 2.86. The predicted octanol–water partition coefficient (Wildman–Crippen LogP) is 2.67. The summed E-state index contributed by atoms with van der Waals surface area (Å²) in [5, 5.41) is 7.04. The van der Waals surface area contributed by atoms with Crippen molar-refractivity contribution in [1.29, 1.82) is 0 Å². The van der Waals surface area contributed by atoms with Crippen LogP contribution >= 0.6 is 0 Å². The topological polar surface area (TPSA) is 77.2 Å². The molecule has 0 aliphatic heterocycles. The lowest BCUT2D eigenvalue weighted by Gasteiger charge is -2.08. The van der Waals surface area contributed by atoms with Crippen molar-refractivity contribution in [1.82, 2.24) is 10.1 Å². The number of hydrogen-bond acceptors (Lipinski definition) is 6. The Morgan fingerprint density at radius 1 is 1.38 bits per heavy atom. The van der Waals surface area contributed by atoms with Crippen molar-refractivity contribution in [2.45, 2.75) is 26.8 Å². The molecule has 1 aromatic heterocycles. The number of nitrogens with zero attached hydrogens (tertiary/aromatic N) is 2. The smallest absolute Gasteiger partial charge is 0.339 e. The summed E-state index contributed by atoms with van der Waals surface area (Å²) in [6.45, 7) is 4.56. The van der Waals surface area contributed by atoms with Gasteiger partial charge in [0.05, 0.1) is 19.2 Å². The van der Waals surface area contributed by atoms with Gasteiger partial charge in [-0.3, -0.25) is 0 Å². The Morgan fingerprint density at radius 2 is 2.14 bits per heavy atom. The van der Waals surface area contributed by atoms with Crippen molar-refractivity contribution in [3.63, 3.8) is 0 Å². The molecular weight excluding hydrogens is 270 g/mol. The molecule has 2 aromatic rings. The summed E-state index contributed by atoms with van der Waals surface area (Å²) in [6, 6.07) is 7.13. The van der Waals surface area contributed by atoms with Gasteiger partial charge in [-0.05, 0) is 18.1 Å². The first-order chi connectivity index (χ1) is 10.1. The second kappa shape index (κ2) is 6.88. The molecule has 0 fully saturated rings. The van der Waals surface area contributed by atoms with Crippen molar-refractivity contribution in [2.24, 2.45) is 5.92 Å². The maximum atomic E-state index is 11.7. The van der Waals surface area contributed by atoms with E-state index in [4.69, 9.17) is 9.26 Å². The van der Waals surface area contributed by atoms with Crippen LogP contribution in [0.15, 0.2) is 28.8 Å². The highest BCUT2D eigenvalue weighted by Gasteiger charge is 2.12. The van der Waals surface area contributed by atoms with Gasteiger partial charge in [0.2, 0.25) is 5.89 Å². The Bertz CT molecular complexity index is 608. The Kier molecular flexibility index (Phi) is 4.92. The SMILES string of the molecule is COC(=O)c1ccccc1NCc1nc(CC(C)C)no1. The van der Waals surface area contributed by atoms with Gasteiger partial charge in [-0.1, -0.05) is 31.1 Å². The molecule has 0 aliphatic carbocycles. The molecule has 0 atom stereocenters. The molecule has 0 unspecified atom stereocenters. The molecule has 0 spiro atoms. The minimum atomic E-state index is -0.385. The molecule has 1 N–H and O–H groups in total. The molecule has 6 heteroatoms. The number of benzene rings is 1. The van der Waals surface area contributed by atoms with Crippen LogP contribution in [0.5, 0.6) is 0 Å². The summed E-state index contributed by atoms with van der Waals surface area (Å²) >= 11 is 0. The highest BCUT2D eigenvalue weighted by molar-refractivity contribution is 5.95. The fourth-order valence-electron chi connectivity index (χ4n) is 1.91. The van der Waals surface area contributed by atoms with Gasteiger partial charge in [-0.2, -0.15) is 4.98 Å². The minimum absolute atomic E-state index is 0.360. The predicted molar refractivity (Wildman–Crippen MR) is 77.9 cm³/mol. The lowest BCUT2D eigenvalue weighted by atomic mass is 10.1. The van der Waals surface area contributed by atoms with E-state index in [0.717, 1.165) is 6.42 Å². The van der Waals surface area contributed by atoms with Crippen LogP contribution in [0.2, 0.25) is 0 Å². The second-order valence-electron chi connectivity index (χ2n) is 5.09. The number of aromatic nitrogens is 2. The normalized spacial score (nSPS) is 10.7. The summed E-state index contributed by atoms with van der Waals surface area (Å²) < 4.78 is 9.92. The molecule has 2 rings (SSSR count). The fourth-order valence-corrected chi connectivity index (χ4v) is 1.91. The Hall–Kier alpha value is -2.37. The number of esters is 1. The average molecular weight is 289 g/mol. The van der Waals surface area contributed by atoms with Crippen LogP contribution in [0.1, 0.15) is 35.9 Å². The first kappa shape index (κ1) is 15.0.